The number of carbonyl (C=O) groups is 1. The van der Waals surface area contributed by atoms with Crippen molar-refractivity contribution in [1.29, 1.82) is 0 Å². The molecule has 4 nitrogen and oxygen atoms in total. The van der Waals surface area contributed by atoms with Crippen LogP contribution in [0.2, 0.25) is 0 Å². The highest BCUT2D eigenvalue weighted by Crippen LogP contribution is 1.90. The minimum absolute atomic E-state index is 0.0868. The number of thiol groups is 1. The number of amides is 1. The summed E-state index contributed by atoms with van der Waals surface area (Å²) < 4.78 is 4.35. The quantitative estimate of drug-likeness (QED) is 0.317. The molecule has 0 aliphatic heterocycles. The lowest BCUT2D eigenvalue weighted by atomic mass is 10.9. The molecule has 0 saturated carbocycles. The van der Waals surface area contributed by atoms with Gasteiger partial charge in [-0.25, -0.2) is 4.79 Å². The van der Waals surface area contributed by atoms with Crippen molar-refractivity contribution in [2.75, 3.05) is 6.61 Å². The molecule has 0 fully saturated rings. The lowest BCUT2D eigenvalue weighted by Gasteiger charge is -2.04. The maximum absolute atomic E-state index is 10.1. The van der Waals surface area contributed by atoms with Crippen LogP contribution in [0.15, 0.2) is 0 Å². The van der Waals surface area contributed by atoms with E-state index in [4.69, 9.17) is 5.21 Å². The molecule has 0 aromatic heterocycles. The zero-order chi connectivity index (χ0) is 6.57. The SMILES string of the molecule is CCOC(=O)N(O)S. The van der Waals surface area contributed by atoms with Gasteiger partial charge in [-0.05, 0) is 19.7 Å². The van der Waals surface area contributed by atoms with Gasteiger partial charge < -0.3 is 4.74 Å². The summed E-state index contributed by atoms with van der Waals surface area (Å²) in [6.45, 7) is 1.87. The van der Waals surface area contributed by atoms with Crippen molar-refractivity contribution in [2.24, 2.45) is 0 Å². The summed E-state index contributed by atoms with van der Waals surface area (Å²) in [7, 11) is 0. The molecule has 1 amide bonds. The summed E-state index contributed by atoms with van der Waals surface area (Å²) in [5.41, 5.74) is 0. The van der Waals surface area contributed by atoms with Crippen LogP contribution in [0.4, 0.5) is 4.79 Å². The Kier molecular flexibility index (Phi) is 3.38. The average molecular weight is 137 g/mol. The van der Waals surface area contributed by atoms with E-state index in [0.717, 1.165) is 0 Å². The highest BCUT2D eigenvalue weighted by Gasteiger charge is 2.03. The number of hydrogen-bond donors (Lipinski definition) is 2. The Bertz CT molecular complexity index is 84.6. The first-order valence-electron chi connectivity index (χ1n) is 2.03. The average Bonchev–Trinajstić information content (AvgIpc) is 1.67. The van der Waals surface area contributed by atoms with Crippen molar-refractivity contribution in [2.45, 2.75) is 6.92 Å². The second-order valence-electron chi connectivity index (χ2n) is 0.988. The molecular weight excluding hydrogens is 130 g/mol. The van der Waals surface area contributed by atoms with E-state index < -0.39 is 6.09 Å². The van der Waals surface area contributed by atoms with Gasteiger partial charge in [0.05, 0.1) is 6.61 Å². The van der Waals surface area contributed by atoms with Gasteiger partial charge in [-0.3, -0.25) is 5.21 Å². The molecule has 0 aromatic carbocycles. The molecule has 0 radical (unpaired) electrons. The molecular formula is C3H7NO3S. The van der Waals surface area contributed by atoms with Crippen molar-refractivity contribution in [3.63, 3.8) is 0 Å². The molecule has 0 unspecified atom stereocenters. The normalized spacial score (nSPS) is 8.38. The van der Waals surface area contributed by atoms with E-state index in [2.05, 4.69) is 17.6 Å². The first-order valence-corrected chi connectivity index (χ1v) is 2.43. The largest absolute Gasteiger partial charge is 0.448 e. The molecule has 8 heavy (non-hydrogen) atoms. The van der Waals surface area contributed by atoms with Gasteiger partial charge in [0.25, 0.3) is 0 Å². The summed E-state index contributed by atoms with van der Waals surface area (Å²) in [6, 6.07) is 0. The fourth-order valence-electron chi connectivity index (χ4n) is 0.181. The van der Waals surface area contributed by atoms with Gasteiger partial charge in [-0.15, -0.1) is 4.47 Å². The number of carbonyl (C=O) groups excluding carboxylic acids is 1. The first-order chi connectivity index (χ1) is 3.68. The molecule has 0 aliphatic rings. The Hall–Kier alpha value is -0.420. The standard InChI is InChI=1S/C3H7NO3S/c1-2-7-3(5)4(6)8/h6,8H,2H2,1H3. The summed E-state index contributed by atoms with van der Waals surface area (Å²) in [4.78, 5) is 10.1. The van der Waals surface area contributed by atoms with Crippen molar-refractivity contribution < 1.29 is 14.7 Å². The number of ether oxygens (including phenoxy) is 1. The third kappa shape index (κ3) is 2.70. The fourth-order valence-corrected chi connectivity index (χ4v) is 0.239. The van der Waals surface area contributed by atoms with Crippen LogP contribution in [0.3, 0.4) is 0 Å². The monoisotopic (exact) mass is 137 g/mol. The maximum Gasteiger partial charge on any atom is 0.444 e. The second-order valence-corrected chi connectivity index (χ2v) is 1.37. The molecule has 0 atom stereocenters. The van der Waals surface area contributed by atoms with E-state index in [1.165, 1.54) is 0 Å². The number of rotatable bonds is 1. The molecule has 5 heteroatoms. The zero-order valence-corrected chi connectivity index (χ0v) is 5.26. The molecule has 0 saturated heterocycles. The predicted molar refractivity (Wildman–Crippen MR) is 29.6 cm³/mol. The smallest absolute Gasteiger partial charge is 0.444 e. The van der Waals surface area contributed by atoms with Gasteiger partial charge in [0.1, 0.15) is 0 Å². The van der Waals surface area contributed by atoms with E-state index in [9.17, 15) is 4.79 Å². The fraction of sp³-hybridized carbons (Fsp3) is 0.667. The van der Waals surface area contributed by atoms with Gasteiger partial charge >= 0.3 is 6.09 Å². The van der Waals surface area contributed by atoms with Crippen LogP contribution in [0, 0.1) is 0 Å². The Morgan fingerprint density at radius 2 is 2.50 bits per heavy atom. The highest BCUT2D eigenvalue weighted by molar-refractivity contribution is 7.78. The molecule has 48 valence electrons. The summed E-state index contributed by atoms with van der Waals surface area (Å²) in [6.07, 6.45) is -0.865. The predicted octanol–water partition coefficient (Wildman–Crippen LogP) is 0.679. The van der Waals surface area contributed by atoms with E-state index in [0.29, 0.717) is 0 Å². The highest BCUT2D eigenvalue weighted by atomic mass is 32.1. The number of hydrogen-bond acceptors (Lipinski definition) is 4. The Morgan fingerprint density at radius 3 is 2.62 bits per heavy atom. The summed E-state index contributed by atoms with van der Waals surface area (Å²) in [5.74, 6) is 0. The summed E-state index contributed by atoms with van der Waals surface area (Å²) >= 11 is 3.24. The van der Waals surface area contributed by atoms with E-state index >= 15 is 0 Å². The molecule has 0 aromatic rings. The van der Waals surface area contributed by atoms with E-state index in [-0.39, 0.29) is 11.1 Å². The molecule has 0 bridgehead atoms. The molecule has 0 rings (SSSR count). The van der Waals surface area contributed by atoms with Crippen LogP contribution < -0.4 is 0 Å². The minimum atomic E-state index is -0.865. The Balaban J connectivity index is 3.33. The molecule has 0 aliphatic carbocycles. The number of nitrogens with zero attached hydrogens (tertiary/aromatic N) is 1. The van der Waals surface area contributed by atoms with Crippen molar-refractivity contribution in [1.82, 2.24) is 4.47 Å². The molecule has 0 heterocycles. The van der Waals surface area contributed by atoms with E-state index in [1.54, 1.807) is 6.92 Å². The number of hydroxylamine groups is 1. The minimum Gasteiger partial charge on any atom is -0.448 e. The Labute approximate surface area is 52.5 Å². The summed E-state index contributed by atoms with van der Waals surface area (Å²) in [5, 5.41) is 8.17. The lowest BCUT2D eigenvalue weighted by molar-refractivity contribution is 0.0104. The van der Waals surface area contributed by atoms with Crippen molar-refractivity contribution in [3.8, 4) is 0 Å². The van der Waals surface area contributed by atoms with Gasteiger partial charge in [-0.2, -0.15) is 0 Å². The third-order valence-electron chi connectivity index (χ3n) is 0.431. The van der Waals surface area contributed by atoms with Gasteiger partial charge in [0.15, 0.2) is 0 Å². The van der Waals surface area contributed by atoms with Crippen molar-refractivity contribution in [3.05, 3.63) is 0 Å². The third-order valence-corrected chi connectivity index (χ3v) is 0.594. The van der Waals surface area contributed by atoms with Crippen LogP contribution in [-0.2, 0) is 4.74 Å². The zero-order valence-electron chi connectivity index (χ0n) is 4.37. The van der Waals surface area contributed by atoms with Crippen LogP contribution in [0.5, 0.6) is 0 Å². The van der Waals surface area contributed by atoms with Gasteiger partial charge in [0.2, 0.25) is 0 Å². The van der Waals surface area contributed by atoms with Gasteiger partial charge in [-0.1, -0.05) is 0 Å². The van der Waals surface area contributed by atoms with Crippen LogP contribution >= 0.6 is 12.8 Å². The van der Waals surface area contributed by atoms with Gasteiger partial charge in [0, 0.05) is 0 Å². The first kappa shape index (κ1) is 7.58. The second kappa shape index (κ2) is 3.57. The molecule has 1 N–H and O–H groups in total. The topological polar surface area (TPSA) is 49.8 Å². The molecule has 0 spiro atoms. The maximum atomic E-state index is 10.1. The van der Waals surface area contributed by atoms with Crippen LogP contribution in [0.1, 0.15) is 6.92 Å². The Morgan fingerprint density at radius 1 is 2.00 bits per heavy atom. The van der Waals surface area contributed by atoms with Crippen LogP contribution in [-0.4, -0.2) is 22.4 Å². The van der Waals surface area contributed by atoms with Crippen LogP contribution in [0.25, 0.3) is 0 Å². The van der Waals surface area contributed by atoms with Crippen molar-refractivity contribution >= 4 is 18.9 Å². The van der Waals surface area contributed by atoms with E-state index in [1.807, 2.05) is 0 Å². The lowest BCUT2D eigenvalue weighted by Crippen LogP contribution is -2.18.